The van der Waals surface area contributed by atoms with Gasteiger partial charge in [0, 0.05) is 26.2 Å². The smallest absolute Gasteiger partial charge is 0.335 e. The number of carboxylic acids is 1. The second-order valence-corrected chi connectivity index (χ2v) is 7.07. The van der Waals surface area contributed by atoms with Crippen LogP contribution in [-0.2, 0) is 13.1 Å². The molecule has 25 heavy (non-hydrogen) atoms. The molecule has 1 heterocycles. The van der Waals surface area contributed by atoms with E-state index in [1.54, 1.807) is 12.1 Å². The van der Waals surface area contributed by atoms with Crippen LogP contribution in [0.2, 0.25) is 0 Å². The zero-order valence-electron chi connectivity index (χ0n) is 14.8. The lowest BCUT2D eigenvalue weighted by Crippen LogP contribution is -2.28. The molecule has 4 heteroatoms. The first kappa shape index (κ1) is 17.6. The molecule has 1 saturated heterocycles. The maximum absolute atomic E-state index is 10.9. The molecule has 1 aliphatic rings. The number of hydrogen-bond acceptors (Lipinski definition) is 3. The molecule has 4 nitrogen and oxygen atoms in total. The number of benzene rings is 2. The van der Waals surface area contributed by atoms with Crippen LogP contribution in [0.5, 0.6) is 0 Å². The van der Waals surface area contributed by atoms with Gasteiger partial charge in [-0.25, -0.2) is 4.79 Å². The summed E-state index contributed by atoms with van der Waals surface area (Å²) >= 11 is 0. The number of aromatic carboxylic acids is 1. The SMILES string of the molecule is CN(Cc1ccc(C(=O)O)cc1)CC1CCN(Cc2ccccc2)C1. The molecule has 1 atom stereocenters. The van der Waals surface area contributed by atoms with Crippen LogP contribution in [0.1, 0.15) is 27.9 Å². The Morgan fingerprint density at radius 1 is 1.12 bits per heavy atom. The van der Waals surface area contributed by atoms with Crippen molar-refractivity contribution in [2.24, 2.45) is 5.92 Å². The number of hydrogen-bond donors (Lipinski definition) is 1. The van der Waals surface area contributed by atoms with Crippen molar-refractivity contribution in [1.29, 1.82) is 0 Å². The van der Waals surface area contributed by atoms with Gasteiger partial charge in [0.15, 0.2) is 0 Å². The number of carbonyl (C=O) groups is 1. The number of rotatable bonds is 7. The van der Waals surface area contributed by atoms with Gasteiger partial charge < -0.3 is 10.0 Å². The molecule has 1 aliphatic heterocycles. The van der Waals surface area contributed by atoms with Gasteiger partial charge in [-0.3, -0.25) is 4.90 Å². The predicted octanol–water partition coefficient (Wildman–Crippen LogP) is 3.34. The van der Waals surface area contributed by atoms with E-state index in [9.17, 15) is 4.79 Å². The van der Waals surface area contributed by atoms with E-state index >= 15 is 0 Å². The van der Waals surface area contributed by atoms with E-state index in [-0.39, 0.29) is 0 Å². The lowest BCUT2D eigenvalue weighted by atomic mass is 10.1. The maximum atomic E-state index is 10.9. The molecule has 1 N–H and O–H groups in total. The van der Waals surface area contributed by atoms with Crippen LogP contribution in [0.3, 0.4) is 0 Å². The van der Waals surface area contributed by atoms with Crippen LogP contribution >= 0.6 is 0 Å². The van der Waals surface area contributed by atoms with Gasteiger partial charge >= 0.3 is 5.97 Å². The molecule has 2 aromatic carbocycles. The first-order valence-electron chi connectivity index (χ1n) is 8.87. The van der Waals surface area contributed by atoms with Gasteiger partial charge in [0.25, 0.3) is 0 Å². The Labute approximate surface area is 149 Å². The van der Waals surface area contributed by atoms with Crippen molar-refractivity contribution in [3.8, 4) is 0 Å². The highest BCUT2D eigenvalue weighted by atomic mass is 16.4. The van der Waals surface area contributed by atoms with Crippen molar-refractivity contribution in [3.63, 3.8) is 0 Å². The first-order valence-corrected chi connectivity index (χ1v) is 8.87. The highest BCUT2D eigenvalue weighted by Crippen LogP contribution is 2.20. The van der Waals surface area contributed by atoms with Gasteiger partial charge in [-0.15, -0.1) is 0 Å². The number of likely N-dealkylation sites (tertiary alicyclic amines) is 1. The Balaban J connectivity index is 1.45. The third kappa shape index (κ3) is 5.15. The quantitative estimate of drug-likeness (QED) is 0.841. The highest BCUT2D eigenvalue weighted by molar-refractivity contribution is 5.87. The molecule has 132 valence electrons. The van der Waals surface area contributed by atoms with Crippen LogP contribution in [0.4, 0.5) is 0 Å². The first-order chi connectivity index (χ1) is 12.1. The zero-order chi connectivity index (χ0) is 17.6. The lowest BCUT2D eigenvalue weighted by molar-refractivity contribution is 0.0697. The summed E-state index contributed by atoms with van der Waals surface area (Å²) in [6.45, 7) is 5.29. The summed E-state index contributed by atoms with van der Waals surface area (Å²) in [4.78, 5) is 15.8. The van der Waals surface area contributed by atoms with Crippen LogP contribution in [0.25, 0.3) is 0 Å². The summed E-state index contributed by atoms with van der Waals surface area (Å²) in [5.74, 6) is -0.170. The monoisotopic (exact) mass is 338 g/mol. The normalized spacial score (nSPS) is 17.9. The zero-order valence-corrected chi connectivity index (χ0v) is 14.8. The number of carboxylic acid groups (broad SMARTS) is 1. The fourth-order valence-corrected chi connectivity index (χ4v) is 3.62. The van der Waals surface area contributed by atoms with Gasteiger partial charge in [0.1, 0.15) is 0 Å². The third-order valence-corrected chi connectivity index (χ3v) is 4.84. The van der Waals surface area contributed by atoms with E-state index in [1.165, 1.54) is 18.5 Å². The molecule has 0 saturated carbocycles. The Bertz CT molecular complexity index is 685. The lowest BCUT2D eigenvalue weighted by Gasteiger charge is -2.22. The van der Waals surface area contributed by atoms with Gasteiger partial charge in [-0.05, 0) is 49.2 Å². The van der Waals surface area contributed by atoms with Crippen LogP contribution in [0, 0.1) is 5.92 Å². The van der Waals surface area contributed by atoms with Crippen molar-refractivity contribution in [1.82, 2.24) is 9.80 Å². The summed E-state index contributed by atoms with van der Waals surface area (Å²) in [5, 5.41) is 8.96. The van der Waals surface area contributed by atoms with Crippen LogP contribution < -0.4 is 0 Å². The molecule has 0 aliphatic carbocycles. The molecular weight excluding hydrogens is 312 g/mol. The number of nitrogens with zero attached hydrogens (tertiary/aromatic N) is 2. The minimum atomic E-state index is -0.871. The fourth-order valence-electron chi connectivity index (χ4n) is 3.62. The van der Waals surface area contributed by atoms with Gasteiger partial charge in [-0.2, -0.15) is 0 Å². The molecule has 1 unspecified atom stereocenters. The topological polar surface area (TPSA) is 43.8 Å². The molecule has 1 fully saturated rings. The Hall–Kier alpha value is -2.17. The molecule has 0 spiro atoms. The van der Waals surface area contributed by atoms with Crippen molar-refractivity contribution >= 4 is 5.97 Å². The molecular formula is C21H26N2O2. The van der Waals surface area contributed by atoms with Gasteiger partial charge in [0.05, 0.1) is 5.56 Å². The molecule has 0 aromatic heterocycles. The highest BCUT2D eigenvalue weighted by Gasteiger charge is 2.23. The average Bonchev–Trinajstić information content (AvgIpc) is 3.03. The molecule has 0 bridgehead atoms. The standard InChI is InChI=1S/C21H26N2O2/c1-22(13-18-7-9-20(10-8-18)21(24)25)14-19-11-12-23(16-19)15-17-5-3-2-4-6-17/h2-10,19H,11-16H2,1H3,(H,24,25). The summed E-state index contributed by atoms with van der Waals surface area (Å²) in [5.41, 5.74) is 2.89. The van der Waals surface area contributed by atoms with E-state index in [4.69, 9.17) is 5.11 Å². The Morgan fingerprint density at radius 2 is 1.84 bits per heavy atom. The molecule has 3 rings (SSSR count). The van der Waals surface area contributed by atoms with E-state index in [0.29, 0.717) is 11.5 Å². The van der Waals surface area contributed by atoms with Crippen molar-refractivity contribution in [2.45, 2.75) is 19.5 Å². The maximum Gasteiger partial charge on any atom is 0.335 e. The van der Waals surface area contributed by atoms with Gasteiger partial charge in [0.2, 0.25) is 0 Å². The summed E-state index contributed by atoms with van der Waals surface area (Å²) in [6.07, 6.45) is 1.25. The predicted molar refractivity (Wildman–Crippen MR) is 99.6 cm³/mol. The Morgan fingerprint density at radius 3 is 2.52 bits per heavy atom. The van der Waals surface area contributed by atoms with E-state index in [2.05, 4.69) is 47.2 Å². The van der Waals surface area contributed by atoms with E-state index < -0.39 is 5.97 Å². The van der Waals surface area contributed by atoms with E-state index in [1.807, 2.05) is 12.1 Å². The average molecular weight is 338 g/mol. The summed E-state index contributed by atoms with van der Waals surface area (Å²) in [7, 11) is 2.14. The van der Waals surface area contributed by atoms with Gasteiger partial charge in [-0.1, -0.05) is 42.5 Å². The Kier molecular flexibility index (Phi) is 5.84. The fraction of sp³-hybridized carbons (Fsp3) is 0.381. The second kappa shape index (κ2) is 8.28. The van der Waals surface area contributed by atoms with Crippen molar-refractivity contribution in [3.05, 3.63) is 71.3 Å². The van der Waals surface area contributed by atoms with Crippen molar-refractivity contribution < 1.29 is 9.90 Å². The van der Waals surface area contributed by atoms with Crippen LogP contribution in [0.15, 0.2) is 54.6 Å². The summed E-state index contributed by atoms with van der Waals surface area (Å²) in [6, 6.07) is 17.9. The molecule has 0 radical (unpaired) electrons. The second-order valence-electron chi connectivity index (χ2n) is 7.07. The van der Waals surface area contributed by atoms with Crippen molar-refractivity contribution in [2.75, 3.05) is 26.7 Å². The largest absolute Gasteiger partial charge is 0.478 e. The van der Waals surface area contributed by atoms with Crippen LogP contribution in [-0.4, -0.2) is 47.6 Å². The minimum absolute atomic E-state index is 0.346. The van der Waals surface area contributed by atoms with E-state index in [0.717, 1.165) is 31.7 Å². The summed E-state index contributed by atoms with van der Waals surface area (Å²) < 4.78 is 0. The molecule has 2 aromatic rings. The molecule has 0 amide bonds. The minimum Gasteiger partial charge on any atom is -0.478 e. The third-order valence-electron chi connectivity index (χ3n) is 4.84.